The van der Waals surface area contributed by atoms with Crippen LogP contribution in [0.1, 0.15) is 73.6 Å². The van der Waals surface area contributed by atoms with Crippen molar-refractivity contribution in [3.8, 4) is 11.3 Å². The molecule has 0 unspecified atom stereocenters. The molecule has 0 saturated carbocycles. The normalized spacial score (nSPS) is 32.8. The molecule has 3 N–H and O–H groups in total. The molecule has 2 aliphatic heterocycles. The summed E-state index contributed by atoms with van der Waals surface area (Å²) in [7, 11) is 3.71. The molecule has 2 aliphatic rings. The first-order valence-corrected chi connectivity index (χ1v) is 18.1. The van der Waals surface area contributed by atoms with Crippen LogP contribution in [0.5, 0.6) is 0 Å². The lowest BCUT2D eigenvalue weighted by molar-refractivity contribution is -0.170. The summed E-state index contributed by atoms with van der Waals surface area (Å²) in [6.07, 6.45) is 5.60. The number of nitrogens with zero attached hydrogens (tertiary/aromatic N) is 4. The van der Waals surface area contributed by atoms with Crippen molar-refractivity contribution in [1.82, 2.24) is 25.2 Å². The van der Waals surface area contributed by atoms with Crippen molar-refractivity contribution in [2.24, 2.45) is 17.8 Å². The number of cyclic esters (lactones) is 1. The van der Waals surface area contributed by atoms with Crippen LogP contribution in [0.15, 0.2) is 43.1 Å². The number of anilines is 1. The number of ketones is 1. The summed E-state index contributed by atoms with van der Waals surface area (Å²) in [4.78, 5) is 42.8. The van der Waals surface area contributed by atoms with Crippen LogP contribution in [0, 0.1) is 17.8 Å². The molecule has 2 aromatic rings. The summed E-state index contributed by atoms with van der Waals surface area (Å²) in [5, 5.41) is 12.3. The highest BCUT2D eigenvalue weighted by molar-refractivity contribution is 6.15. The molecule has 2 saturated heterocycles. The van der Waals surface area contributed by atoms with Crippen LogP contribution in [-0.2, 0) is 30.3 Å². The second-order valence-corrected chi connectivity index (χ2v) is 14.7. The maximum absolute atomic E-state index is 13.8. The lowest BCUT2D eigenvalue weighted by Crippen LogP contribution is -2.61. The molecule has 1 aromatic carbocycles. The molecule has 274 valence electrons. The van der Waals surface area contributed by atoms with E-state index in [2.05, 4.69) is 36.1 Å². The zero-order chi connectivity index (χ0) is 36.8. The van der Waals surface area contributed by atoms with E-state index in [1.165, 1.54) is 0 Å². The van der Waals surface area contributed by atoms with E-state index in [0.717, 1.165) is 17.7 Å². The number of fused-ring (bicyclic) bond motifs is 1. The lowest BCUT2D eigenvalue weighted by atomic mass is 9.60. The molecule has 13 heteroatoms. The first-order valence-electron chi connectivity index (χ1n) is 18.1. The van der Waals surface area contributed by atoms with Gasteiger partial charge < -0.3 is 25.3 Å². The van der Waals surface area contributed by atoms with Crippen LogP contribution in [0.25, 0.3) is 11.3 Å². The number of carbonyl (C=O) groups is 3. The van der Waals surface area contributed by atoms with Crippen molar-refractivity contribution in [2.45, 2.75) is 115 Å². The van der Waals surface area contributed by atoms with Crippen LogP contribution in [-0.4, -0.2) is 95.2 Å². The summed E-state index contributed by atoms with van der Waals surface area (Å²) in [6.45, 7) is 17.1. The van der Waals surface area contributed by atoms with E-state index in [1.54, 1.807) is 23.6 Å². The Hall–Kier alpha value is -3.71. The van der Waals surface area contributed by atoms with Gasteiger partial charge in [-0.2, -0.15) is 0 Å². The number of rotatable bonds is 10. The zero-order valence-corrected chi connectivity index (χ0v) is 31.2. The quantitative estimate of drug-likeness (QED) is 0.0913. The number of esters is 1. The van der Waals surface area contributed by atoms with Crippen molar-refractivity contribution in [2.75, 3.05) is 25.9 Å². The number of Topliss-reactive ketones (excluding diaryl/α,β-unsaturated/α-hetero) is 1. The van der Waals surface area contributed by atoms with Crippen molar-refractivity contribution < 1.29 is 28.6 Å². The van der Waals surface area contributed by atoms with Crippen molar-refractivity contribution in [3.05, 3.63) is 43.1 Å². The number of methoxy groups -OCH3 is 1. The summed E-state index contributed by atoms with van der Waals surface area (Å²) in [5.74, 6) is -2.31. The predicted octanol–water partition coefficient (Wildman–Crippen LogP) is 4.45. The lowest BCUT2D eigenvalue weighted by Gasteiger charge is -2.42. The molecule has 1 amide bonds. The van der Waals surface area contributed by atoms with Crippen LogP contribution >= 0.6 is 0 Å². The topological polar surface area (TPSA) is 151 Å². The van der Waals surface area contributed by atoms with Crippen LogP contribution in [0.3, 0.4) is 0 Å². The number of hydrogen-bond donors (Lipinski definition) is 2. The number of carbonyl (C=O) groups excluding carboxylic acids is 3. The van der Waals surface area contributed by atoms with Gasteiger partial charge in [0.1, 0.15) is 31.3 Å². The Balaban J connectivity index is 1.57. The molecule has 2 fully saturated rings. The number of benzene rings is 1. The summed E-state index contributed by atoms with van der Waals surface area (Å²) < 4.78 is 20.3. The summed E-state index contributed by atoms with van der Waals surface area (Å²) in [5.41, 5.74) is 6.44. The number of unbranched alkanes of at least 4 members (excludes halogenated alkanes) is 1. The number of hydrogen-bond acceptors (Lipinski definition) is 10. The third-order valence-corrected chi connectivity index (χ3v) is 11.2. The van der Waals surface area contributed by atoms with Crippen molar-refractivity contribution in [1.29, 1.82) is 0 Å². The third kappa shape index (κ3) is 8.25. The second kappa shape index (κ2) is 16.5. The molecule has 9 atom stereocenters. The van der Waals surface area contributed by atoms with Crippen LogP contribution in [0.4, 0.5) is 10.5 Å². The number of aromatic nitrogens is 3. The Labute approximate surface area is 298 Å². The SMILES string of the molecule is B[C@@H]1[C@@H](C)C(=O)[C@@H](C)C(=O)O[C@H](CC)[C@@]2(C)OC(=O)N(CCCCn3cc(-c4cccc(N)c4)nn3)[C@@H]2[C@@H](C)NC[C@H](C)C[C@@]1(CC=C)OC. The van der Waals surface area contributed by atoms with Gasteiger partial charge in [-0.3, -0.25) is 19.2 Å². The molecule has 0 spiro atoms. The third-order valence-electron chi connectivity index (χ3n) is 11.2. The smallest absolute Gasteiger partial charge is 0.410 e. The Morgan fingerprint density at radius 3 is 2.56 bits per heavy atom. The van der Waals surface area contributed by atoms with E-state index in [4.69, 9.17) is 19.9 Å². The van der Waals surface area contributed by atoms with E-state index in [0.29, 0.717) is 51.0 Å². The van der Waals surface area contributed by atoms with Gasteiger partial charge in [0.05, 0.1) is 17.8 Å². The fraction of sp³-hybridized carbons (Fsp3) is 0.649. The largest absolute Gasteiger partial charge is 0.458 e. The maximum atomic E-state index is 13.8. The Kier molecular flexibility index (Phi) is 12.9. The number of nitrogens with two attached hydrogens (primary N) is 1. The minimum atomic E-state index is -1.16. The summed E-state index contributed by atoms with van der Waals surface area (Å²) in [6, 6.07) is 6.86. The van der Waals surface area contributed by atoms with Crippen molar-refractivity contribution in [3.63, 3.8) is 0 Å². The monoisotopic (exact) mass is 692 g/mol. The minimum absolute atomic E-state index is 0.155. The molecular formula is C37H57BN6O6. The van der Waals surface area contributed by atoms with Gasteiger partial charge in [0, 0.05) is 43.4 Å². The van der Waals surface area contributed by atoms with Crippen molar-refractivity contribution >= 4 is 31.4 Å². The number of aryl methyl sites for hydroxylation is 1. The van der Waals surface area contributed by atoms with Crippen LogP contribution in [0.2, 0.25) is 5.82 Å². The second-order valence-electron chi connectivity index (χ2n) is 14.7. The highest BCUT2D eigenvalue weighted by Crippen LogP contribution is 2.42. The molecule has 0 radical (unpaired) electrons. The molecule has 12 nitrogen and oxygen atoms in total. The standard InChI is InChI=1S/C37H57BN6O6/c1-9-16-37(48-8)20-23(3)21-40-26(6)33-36(7,30(10-2)49-34(46)25(5)31(45)24(4)32(37)38)50-35(47)44(33)18-12-11-17-43-22-29(41-42-43)27-14-13-15-28(39)19-27/h9,13-15,19,22-26,30,32-33,40H,1,10-12,16-18,20-21,38-39H2,2-8H3/t23-,24+,25-,26-,30-,32-,33-,36-,37-/m1/s1. The van der Waals surface area contributed by atoms with Gasteiger partial charge in [-0.15, -0.1) is 11.7 Å². The number of ether oxygens (including phenoxy) is 3. The predicted molar refractivity (Wildman–Crippen MR) is 196 cm³/mol. The Morgan fingerprint density at radius 2 is 1.90 bits per heavy atom. The molecule has 50 heavy (non-hydrogen) atoms. The molecule has 3 heterocycles. The van der Waals surface area contributed by atoms with E-state index in [-0.39, 0.29) is 23.6 Å². The molecule has 0 bridgehead atoms. The Bertz CT molecular complexity index is 1500. The average Bonchev–Trinajstić information content (AvgIpc) is 3.67. The highest BCUT2D eigenvalue weighted by Gasteiger charge is 2.58. The van der Waals surface area contributed by atoms with E-state index < -0.39 is 47.2 Å². The first-order chi connectivity index (χ1) is 23.7. The van der Waals surface area contributed by atoms with Crippen LogP contribution < -0.4 is 11.1 Å². The van der Waals surface area contributed by atoms with E-state index >= 15 is 0 Å². The van der Waals surface area contributed by atoms with Gasteiger partial charge in [-0.25, -0.2) is 4.79 Å². The summed E-state index contributed by atoms with van der Waals surface area (Å²) >= 11 is 0. The zero-order valence-electron chi connectivity index (χ0n) is 31.2. The van der Waals surface area contributed by atoms with Gasteiger partial charge in [-0.05, 0) is 83.3 Å². The first kappa shape index (κ1) is 39.1. The van der Waals surface area contributed by atoms with E-state index in [1.807, 2.05) is 65.2 Å². The van der Waals surface area contributed by atoms with Gasteiger partial charge in [0.25, 0.3) is 0 Å². The van der Waals surface area contributed by atoms with Gasteiger partial charge in [-0.1, -0.05) is 44.2 Å². The molecule has 1 aromatic heterocycles. The van der Waals surface area contributed by atoms with Gasteiger partial charge >= 0.3 is 12.1 Å². The maximum Gasteiger partial charge on any atom is 0.410 e. The van der Waals surface area contributed by atoms with Gasteiger partial charge in [0.2, 0.25) is 0 Å². The fourth-order valence-corrected chi connectivity index (χ4v) is 8.05. The van der Waals surface area contributed by atoms with E-state index in [9.17, 15) is 14.4 Å². The molecule has 0 aliphatic carbocycles. The highest BCUT2D eigenvalue weighted by atomic mass is 16.6. The number of nitrogen functional groups attached to an aromatic ring is 1. The fourth-order valence-electron chi connectivity index (χ4n) is 8.05. The minimum Gasteiger partial charge on any atom is -0.458 e. The Morgan fingerprint density at radius 1 is 1.18 bits per heavy atom. The molecule has 4 rings (SSSR count). The number of nitrogens with one attached hydrogen (secondary N) is 1. The number of amides is 1. The average molecular weight is 693 g/mol. The van der Waals surface area contributed by atoms with Gasteiger partial charge in [0.15, 0.2) is 5.60 Å². The molecular weight excluding hydrogens is 635 g/mol.